The molecule has 0 spiro atoms. The highest BCUT2D eigenvalue weighted by Gasteiger charge is 2.20. The summed E-state index contributed by atoms with van der Waals surface area (Å²) in [6.45, 7) is 0. The van der Waals surface area contributed by atoms with Crippen molar-refractivity contribution >= 4 is 37.5 Å². The Morgan fingerprint density at radius 1 is 1.17 bits per heavy atom. The van der Waals surface area contributed by atoms with Crippen molar-refractivity contribution in [3.63, 3.8) is 0 Å². The topological polar surface area (TPSA) is 65.3 Å². The van der Waals surface area contributed by atoms with Crippen molar-refractivity contribution in [2.75, 3.05) is 0 Å². The van der Waals surface area contributed by atoms with Crippen molar-refractivity contribution in [1.29, 1.82) is 0 Å². The number of nitro groups is 1. The largest absolute Gasteiger partial charge is 0.448 e. The predicted octanol–water partition coefficient (Wildman–Crippen LogP) is 4.31. The Balaban J connectivity index is 2.46. The van der Waals surface area contributed by atoms with Crippen LogP contribution in [0.2, 0.25) is 0 Å². The zero-order valence-electron chi connectivity index (χ0n) is 8.84. The van der Waals surface area contributed by atoms with E-state index in [1.165, 1.54) is 6.20 Å². The lowest BCUT2D eigenvalue weighted by molar-refractivity contribution is -0.386. The van der Waals surface area contributed by atoms with Crippen LogP contribution in [0.5, 0.6) is 11.5 Å². The lowest BCUT2D eigenvalue weighted by Gasteiger charge is -2.08. The number of rotatable bonds is 3. The minimum atomic E-state index is -0.538. The molecule has 92 valence electrons. The van der Waals surface area contributed by atoms with Gasteiger partial charge < -0.3 is 4.74 Å². The Kier molecular flexibility index (Phi) is 3.93. The summed E-state index contributed by atoms with van der Waals surface area (Å²) in [7, 11) is 0. The molecule has 2 aromatic rings. The number of aromatic nitrogens is 1. The molecule has 0 fully saturated rings. The van der Waals surface area contributed by atoms with Gasteiger partial charge in [0.05, 0.1) is 13.9 Å². The number of hydrogen-bond acceptors (Lipinski definition) is 4. The summed E-state index contributed by atoms with van der Waals surface area (Å²) in [5.74, 6) is 0.620. The molecule has 7 heteroatoms. The first-order valence-corrected chi connectivity index (χ1v) is 6.38. The molecule has 0 saturated carbocycles. The van der Waals surface area contributed by atoms with Gasteiger partial charge in [0.1, 0.15) is 11.9 Å². The van der Waals surface area contributed by atoms with Gasteiger partial charge in [0.15, 0.2) is 0 Å². The Hall–Kier alpha value is -1.47. The third kappa shape index (κ3) is 2.68. The van der Waals surface area contributed by atoms with Crippen molar-refractivity contribution < 1.29 is 9.66 Å². The van der Waals surface area contributed by atoms with Gasteiger partial charge in [0.25, 0.3) is 0 Å². The standard InChI is InChI=1S/C11H6Br2N2O3/c12-7-3-1-2-4-10(7)18-11-8(13)5-14-6-9(11)15(16)17/h1-6H. The smallest absolute Gasteiger partial charge is 0.330 e. The number of hydrogen-bond donors (Lipinski definition) is 0. The maximum atomic E-state index is 10.9. The molecule has 0 amide bonds. The van der Waals surface area contributed by atoms with Gasteiger partial charge in [-0.3, -0.25) is 15.1 Å². The maximum absolute atomic E-state index is 10.9. The highest BCUT2D eigenvalue weighted by Crippen LogP contribution is 2.39. The molecule has 0 radical (unpaired) electrons. The average Bonchev–Trinajstić information content (AvgIpc) is 2.34. The Morgan fingerprint density at radius 2 is 1.89 bits per heavy atom. The van der Waals surface area contributed by atoms with Crippen LogP contribution in [-0.4, -0.2) is 9.91 Å². The molecule has 0 bridgehead atoms. The van der Waals surface area contributed by atoms with Crippen LogP contribution in [0.15, 0.2) is 45.6 Å². The number of ether oxygens (including phenoxy) is 1. The number of halogens is 2. The second-order valence-electron chi connectivity index (χ2n) is 3.26. The van der Waals surface area contributed by atoms with Crippen LogP contribution in [0.3, 0.4) is 0 Å². The van der Waals surface area contributed by atoms with Crippen LogP contribution in [0.25, 0.3) is 0 Å². The van der Waals surface area contributed by atoms with Crippen LogP contribution < -0.4 is 4.74 Å². The molecular weight excluding hydrogens is 368 g/mol. The zero-order chi connectivity index (χ0) is 13.1. The zero-order valence-corrected chi connectivity index (χ0v) is 12.0. The van der Waals surface area contributed by atoms with E-state index in [1.807, 2.05) is 6.07 Å². The van der Waals surface area contributed by atoms with E-state index < -0.39 is 4.92 Å². The quantitative estimate of drug-likeness (QED) is 0.594. The maximum Gasteiger partial charge on any atom is 0.330 e. The number of pyridine rings is 1. The van der Waals surface area contributed by atoms with Crippen molar-refractivity contribution in [2.24, 2.45) is 0 Å². The average molecular weight is 374 g/mol. The molecule has 0 unspecified atom stereocenters. The third-order valence-electron chi connectivity index (χ3n) is 2.08. The van der Waals surface area contributed by atoms with Gasteiger partial charge in [-0.2, -0.15) is 0 Å². The van der Waals surface area contributed by atoms with E-state index >= 15 is 0 Å². The monoisotopic (exact) mass is 372 g/mol. The van der Waals surface area contributed by atoms with Crippen LogP contribution in [0, 0.1) is 10.1 Å². The molecule has 0 atom stereocenters. The van der Waals surface area contributed by atoms with E-state index in [-0.39, 0.29) is 11.4 Å². The van der Waals surface area contributed by atoms with Gasteiger partial charge >= 0.3 is 5.69 Å². The molecular formula is C11H6Br2N2O3. The fraction of sp³-hybridized carbons (Fsp3) is 0. The molecule has 1 heterocycles. The summed E-state index contributed by atoms with van der Waals surface area (Å²) in [6.07, 6.45) is 2.59. The van der Waals surface area contributed by atoms with Crippen molar-refractivity contribution in [1.82, 2.24) is 4.98 Å². The van der Waals surface area contributed by atoms with E-state index in [1.54, 1.807) is 18.2 Å². The summed E-state index contributed by atoms with van der Waals surface area (Å²) in [6, 6.07) is 7.10. The Labute approximate surface area is 119 Å². The molecule has 1 aromatic carbocycles. The molecule has 0 aliphatic rings. The summed E-state index contributed by atoms with van der Waals surface area (Å²) >= 11 is 6.50. The molecule has 0 N–H and O–H groups in total. The van der Waals surface area contributed by atoms with Crippen molar-refractivity contribution in [3.8, 4) is 11.5 Å². The summed E-state index contributed by atoms with van der Waals surface area (Å²) in [4.78, 5) is 14.1. The SMILES string of the molecule is O=[N+]([O-])c1cncc(Br)c1Oc1ccccc1Br. The van der Waals surface area contributed by atoms with Gasteiger partial charge in [-0.05, 0) is 44.0 Å². The van der Waals surface area contributed by atoms with Gasteiger partial charge in [0, 0.05) is 6.20 Å². The first kappa shape index (κ1) is 13.0. The third-order valence-corrected chi connectivity index (χ3v) is 3.30. The van der Waals surface area contributed by atoms with E-state index in [9.17, 15) is 10.1 Å². The second kappa shape index (κ2) is 5.45. The molecule has 0 aliphatic heterocycles. The van der Waals surface area contributed by atoms with Crippen LogP contribution in [-0.2, 0) is 0 Å². The van der Waals surface area contributed by atoms with Gasteiger partial charge in [-0.15, -0.1) is 0 Å². The minimum Gasteiger partial charge on any atom is -0.448 e. The summed E-state index contributed by atoms with van der Waals surface area (Å²) in [5.41, 5.74) is -0.194. The first-order chi connectivity index (χ1) is 8.59. The van der Waals surface area contributed by atoms with Gasteiger partial charge in [-0.1, -0.05) is 12.1 Å². The van der Waals surface area contributed by atoms with E-state index in [0.29, 0.717) is 14.7 Å². The van der Waals surface area contributed by atoms with Crippen LogP contribution in [0.1, 0.15) is 0 Å². The molecule has 18 heavy (non-hydrogen) atoms. The fourth-order valence-corrected chi connectivity index (χ4v) is 2.05. The molecule has 0 aliphatic carbocycles. The second-order valence-corrected chi connectivity index (χ2v) is 4.97. The highest BCUT2D eigenvalue weighted by molar-refractivity contribution is 9.11. The highest BCUT2D eigenvalue weighted by atomic mass is 79.9. The first-order valence-electron chi connectivity index (χ1n) is 4.80. The number of para-hydroxylation sites is 1. The lowest BCUT2D eigenvalue weighted by atomic mass is 10.3. The predicted molar refractivity (Wildman–Crippen MR) is 72.8 cm³/mol. The van der Waals surface area contributed by atoms with E-state index in [2.05, 4.69) is 36.8 Å². The lowest BCUT2D eigenvalue weighted by Crippen LogP contribution is -1.95. The van der Waals surface area contributed by atoms with Crippen LogP contribution in [0.4, 0.5) is 5.69 Å². The fourth-order valence-electron chi connectivity index (χ4n) is 1.28. The molecule has 1 aromatic heterocycles. The van der Waals surface area contributed by atoms with Gasteiger partial charge in [0.2, 0.25) is 5.75 Å². The Bertz CT molecular complexity index is 605. The number of nitrogens with zero attached hydrogens (tertiary/aromatic N) is 2. The molecule has 0 saturated heterocycles. The van der Waals surface area contributed by atoms with E-state index in [0.717, 1.165) is 6.20 Å². The minimum absolute atomic E-state index is 0.127. The normalized spacial score (nSPS) is 10.1. The van der Waals surface area contributed by atoms with Crippen LogP contribution >= 0.6 is 31.9 Å². The van der Waals surface area contributed by atoms with E-state index in [4.69, 9.17) is 4.74 Å². The summed E-state index contributed by atoms with van der Waals surface area (Å²) < 4.78 is 6.69. The van der Waals surface area contributed by atoms with Gasteiger partial charge in [-0.25, -0.2) is 0 Å². The Morgan fingerprint density at radius 3 is 2.56 bits per heavy atom. The van der Waals surface area contributed by atoms with Crippen molar-refractivity contribution in [2.45, 2.75) is 0 Å². The number of benzene rings is 1. The molecule has 5 nitrogen and oxygen atoms in total. The summed E-state index contributed by atoms with van der Waals surface area (Å²) in [5, 5.41) is 10.9. The molecule has 2 rings (SSSR count). The van der Waals surface area contributed by atoms with Crippen molar-refractivity contribution in [3.05, 3.63) is 55.7 Å².